The van der Waals surface area contributed by atoms with Gasteiger partial charge >= 0.3 is 0 Å². The Morgan fingerprint density at radius 3 is 2.41 bits per heavy atom. The van der Waals surface area contributed by atoms with Crippen LogP contribution in [0.4, 0.5) is 4.39 Å². The maximum Gasteiger partial charge on any atom is 0.241 e. The normalized spacial score (nSPS) is 10.7. The second kappa shape index (κ2) is 12.3. The number of nitrogens with one attached hydrogen (secondary N) is 2. The number of aliphatic imine (C=N–C) groups is 1. The molecule has 0 bridgehead atoms. The van der Waals surface area contributed by atoms with Crippen LogP contribution < -0.4 is 10.6 Å². The average Bonchev–Trinajstić information content (AvgIpc) is 2.64. The number of halogens is 2. The zero-order valence-electron chi connectivity index (χ0n) is 15.6. The minimum Gasteiger partial charge on any atom is -0.356 e. The highest BCUT2D eigenvalue weighted by Gasteiger charge is 2.06. The number of nitrogens with zero attached hydrogens (tertiary/aromatic N) is 2. The lowest BCUT2D eigenvalue weighted by Crippen LogP contribution is -2.43. The molecule has 2 aromatic carbocycles. The molecule has 0 fully saturated rings. The number of benzene rings is 2. The van der Waals surface area contributed by atoms with E-state index in [4.69, 9.17) is 0 Å². The fraction of sp³-hybridized carbons (Fsp3) is 0.300. The first kappa shape index (κ1) is 22.9. The second-order valence-corrected chi connectivity index (χ2v) is 6.10. The van der Waals surface area contributed by atoms with Crippen LogP contribution in [0.1, 0.15) is 11.1 Å². The molecule has 146 valence electrons. The quantitative estimate of drug-likeness (QED) is 0.361. The molecule has 0 aliphatic rings. The van der Waals surface area contributed by atoms with Crippen LogP contribution >= 0.6 is 24.0 Å². The van der Waals surface area contributed by atoms with E-state index in [1.165, 1.54) is 17.0 Å². The Balaban J connectivity index is 0.00000364. The molecule has 27 heavy (non-hydrogen) atoms. The highest BCUT2D eigenvalue weighted by molar-refractivity contribution is 14.0. The molecule has 0 spiro atoms. The molecule has 1 amide bonds. The van der Waals surface area contributed by atoms with Gasteiger partial charge in [-0.05, 0) is 29.7 Å². The van der Waals surface area contributed by atoms with E-state index in [2.05, 4.69) is 15.6 Å². The predicted octanol–water partition coefficient (Wildman–Crippen LogP) is 2.81. The van der Waals surface area contributed by atoms with E-state index in [1.807, 2.05) is 36.4 Å². The van der Waals surface area contributed by atoms with Crippen molar-refractivity contribution in [1.82, 2.24) is 15.5 Å². The SMILES string of the molecule is CN(C)C(=O)CNC(=NCc1ccccc1)NCCc1cccc(F)c1.I. The molecule has 0 aliphatic carbocycles. The van der Waals surface area contributed by atoms with Gasteiger partial charge < -0.3 is 15.5 Å². The Morgan fingerprint density at radius 2 is 1.74 bits per heavy atom. The van der Waals surface area contributed by atoms with Crippen molar-refractivity contribution >= 4 is 35.8 Å². The first-order valence-electron chi connectivity index (χ1n) is 8.55. The van der Waals surface area contributed by atoms with Crippen molar-refractivity contribution in [3.05, 3.63) is 71.5 Å². The van der Waals surface area contributed by atoms with Crippen LogP contribution in [0.25, 0.3) is 0 Å². The van der Waals surface area contributed by atoms with Crippen molar-refractivity contribution in [3.63, 3.8) is 0 Å². The molecule has 0 aromatic heterocycles. The van der Waals surface area contributed by atoms with Crippen LogP contribution in [-0.2, 0) is 17.8 Å². The second-order valence-electron chi connectivity index (χ2n) is 6.10. The molecule has 0 aliphatic heterocycles. The summed E-state index contributed by atoms with van der Waals surface area (Å²) in [6, 6.07) is 16.4. The third-order valence-electron chi connectivity index (χ3n) is 3.76. The number of hydrogen-bond donors (Lipinski definition) is 2. The molecule has 0 saturated carbocycles. The van der Waals surface area contributed by atoms with Gasteiger partial charge in [0.1, 0.15) is 5.82 Å². The first-order valence-corrected chi connectivity index (χ1v) is 8.55. The zero-order valence-corrected chi connectivity index (χ0v) is 17.9. The molecule has 5 nitrogen and oxygen atoms in total. The number of guanidine groups is 1. The van der Waals surface area contributed by atoms with E-state index in [0.717, 1.165) is 11.1 Å². The number of likely N-dealkylation sites (N-methyl/N-ethyl adjacent to an activating group) is 1. The van der Waals surface area contributed by atoms with Gasteiger partial charge in [0.15, 0.2) is 5.96 Å². The van der Waals surface area contributed by atoms with E-state index in [1.54, 1.807) is 20.2 Å². The number of hydrogen-bond acceptors (Lipinski definition) is 2. The fourth-order valence-electron chi connectivity index (χ4n) is 2.26. The predicted molar refractivity (Wildman–Crippen MR) is 118 cm³/mol. The van der Waals surface area contributed by atoms with Crippen molar-refractivity contribution in [2.24, 2.45) is 4.99 Å². The Labute approximate surface area is 177 Å². The topological polar surface area (TPSA) is 56.7 Å². The van der Waals surface area contributed by atoms with Gasteiger partial charge in [-0.3, -0.25) is 4.79 Å². The Hall–Kier alpha value is -2.16. The van der Waals surface area contributed by atoms with Gasteiger partial charge in [-0.25, -0.2) is 9.38 Å². The summed E-state index contributed by atoms with van der Waals surface area (Å²) in [5, 5.41) is 6.24. The van der Waals surface area contributed by atoms with Gasteiger partial charge in [-0.2, -0.15) is 0 Å². The molecule has 2 N–H and O–H groups in total. The summed E-state index contributed by atoms with van der Waals surface area (Å²) in [5.74, 6) is 0.278. The molecule has 0 atom stereocenters. The van der Waals surface area contributed by atoms with Crippen molar-refractivity contribution in [1.29, 1.82) is 0 Å². The fourth-order valence-corrected chi connectivity index (χ4v) is 2.26. The molecular formula is C20H26FIN4O. The van der Waals surface area contributed by atoms with Gasteiger partial charge in [-0.15, -0.1) is 24.0 Å². The summed E-state index contributed by atoms with van der Waals surface area (Å²) in [7, 11) is 3.42. The smallest absolute Gasteiger partial charge is 0.241 e. The Bertz CT molecular complexity index is 738. The average molecular weight is 484 g/mol. The maximum atomic E-state index is 13.2. The summed E-state index contributed by atoms with van der Waals surface area (Å²) in [6.07, 6.45) is 0.658. The molecule has 0 radical (unpaired) electrons. The maximum absolute atomic E-state index is 13.2. The highest BCUT2D eigenvalue weighted by Crippen LogP contribution is 2.03. The molecule has 7 heteroatoms. The summed E-state index contributed by atoms with van der Waals surface area (Å²) in [6.45, 7) is 1.25. The summed E-state index contributed by atoms with van der Waals surface area (Å²) in [5.41, 5.74) is 1.99. The van der Waals surface area contributed by atoms with E-state index in [0.29, 0.717) is 25.5 Å². The number of carbonyl (C=O) groups is 1. The Morgan fingerprint density at radius 1 is 1.04 bits per heavy atom. The van der Waals surface area contributed by atoms with Gasteiger partial charge in [0, 0.05) is 20.6 Å². The highest BCUT2D eigenvalue weighted by atomic mass is 127. The van der Waals surface area contributed by atoms with E-state index in [9.17, 15) is 9.18 Å². The molecular weight excluding hydrogens is 458 g/mol. The first-order chi connectivity index (χ1) is 12.5. The van der Waals surface area contributed by atoms with Crippen molar-refractivity contribution in [2.45, 2.75) is 13.0 Å². The van der Waals surface area contributed by atoms with Crippen LogP contribution in [0.2, 0.25) is 0 Å². The van der Waals surface area contributed by atoms with Gasteiger partial charge in [0.05, 0.1) is 13.1 Å². The zero-order chi connectivity index (χ0) is 18.8. The number of amides is 1. The van der Waals surface area contributed by atoms with Crippen LogP contribution in [-0.4, -0.2) is 44.0 Å². The van der Waals surface area contributed by atoms with Crippen LogP contribution in [0.5, 0.6) is 0 Å². The summed E-state index contributed by atoms with van der Waals surface area (Å²) < 4.78 is 13.2. The Kier molecular flexibility index (Phi) is 10.4. The minimum atomic E-state index is -0.241. The molecule has 2 rings (SSSR count). The van der Waals surface area contributed by atoms with E-state index >= 15 is 0 Å². The molecule has 0 unspecified atom stereocenters. The third kappa shape index (κ3) is 8.85. The van der Waals surface area contributed by atoms with Gasteiger partial charge in [0.25, 0.3) is 0 Å². The molecule has 0 heterocycles. The summed E-state index contributed by atoms with van der Waals surface area (Å²) in [4.78, 5) is 17.8. The van der Waals surface area contributed by atoms with Crippen molar-refractivity contribution in [2.75, 3.05) is 27.2 Å². The summed E-state index contributed by atoms with van der Waals surface area (Å²) >= 11 is 0. The van der Waals surface area contributed by atoms with Gasteiger partial charge in [0.2, 0.25) is 5.91 Å². The van der Waals surface area contributed by atoms with Crippen LogP contribution in [0.15, 0.2) is 59.6 Å². The van der Waals surface area contributed by atoms with Crippen LogP contribution in [0.3, 0.4) is 0 Å². The van der Waals surface area contributed by atoms with Gasteiger partial charge in [-0.1, -0.05) is 42.5 Å². The monoisotopic (exact) mass is 484 g/mol. The lowest BCUT2D eigenvalue weighted by Gasteiger charge is -2.15. The van der Waals surface area contributed by atoms with Crippen molar-refractivity contribution in [3.8, 4) is 0 Å². The third-order valence-corrected chi connectivity index (χ3v) is 3.76. The minimum absolute atomic E-state index is 0. The largest absolute Gasteiger partial charge is 0.356 e. The van der Waals surface area contributed by atoms with Crippen molar-refractivity contribution < 1.29 is 9.18 Å². The standard InChI is InChI=1S/C20H25FN4O.HI/c1-25(2)19(26)15-24-20(23-14-17-7-4-3-5-8-17)22-12-11-16-9-6-10-18(21)13-16;/h3-10,13H,11-12,14-15H2,1-2H3,(H2,22,23,24);1H. The van der Waals surface area contributed by atoms with Crippen LogP contribution in [0, 0.1) is 5.82 Å². The molecule has 0 saturated heterocycles. The molecule has 2 aromatic rings. The lowest BCUT2D eigenvalue weighted by atomic mass is 10.1. The number of rotatable bonds is 7. The van der Waals surface area contributed by atoms with E-state index < -0.39 is 0 Å². The number of carbonyl (C=O) groups excluding carboxylic acids is 1. The van der Waals surface area contributed by atoms with E-state index in [-0.39, 0.29) is 42.2 Å². The lowest BCUT2D eigenvalue weighted by molar-refractivity contribution is -0.127.